The topological polar surface area (TPSA) is 102 Å². The van der Waals surface area contributed by atoms with E-state index in [0.29, 0.717) is 60.6 Å². The lowest BCUT2D eigenvalue weighted by Crippen LogP contribution is -2.40. The first-order valence-corrected chi connectivity index (χ1v) is 15.2. The second-order valence-corrected chi connectivity index (χ2v) is 11.3. The molecule has 0 bridgehead atoms. The van der Waals surface area contributed by atoms with Gasteiger partial charge in [0.05, 0.1) is 6.61 Å². The van der Waals surface area contributed by atoms with Crippen molar-refractivity contribution in [2.24, 2.45) is 0 Å². The Hall–Kier alpha value is -3.47. The molecule has 4 aromatic rings. The Kier molecular flexibility index (Phi) is 8.73. The highest BCUT2D eigenvalue weighted by molar-refractivity contribution is 6.30. The van der Waals surface area contributed by atoms with E-state index in [1.165, 1.54) is 11.0 Å². The number of aryl methyl sites for hydroxylation is 1. The van der Waals surface area contributed by atoms with Gasteiger partial charge in [-0.3, -0.25) is 13.9 Å². The Morgan fingerprint density at radius 2 is 1.83 bits per heavy atom. The van der Waals surface area contributed by atoms with Crippen LogP contribution in [0.4, 0.5) is 0 Å². The number of hydrogen-bond acceptors (Lipinski definition) is 7. The van der Waals surface area contributed by atoms with Crippen LogP contribution in [0.15, 0.2) is 52.2 Å². The number of fused-ring (bicyclic) bond motifs is 1. The van der Waals surface area contributed by atoms with Crippen molar-refractivity contribution in [3.8, 4) is 17.3 Å². The SMILES string of the molecule is CCn1c(=O)n(CCCOC2CCCCO2)c(=O)c2c1nc(-c1ccc(OC3CCC3)nc1)n2Cc1ccc(Cl)cc1. The summed E-state index contributed by atoms with van der Waals surface area (Å²) in [5, 5.41) is 0.628. The largest absolute Gasteiger partial charge is 0.474 e. The molecule has 3 aromatic heterocycles. The van der Waals surface area contributed by atoms with Gasteiger partial charge in [-0.15, -0.1) is 0 Å². The summed E-state index contributed by atoms with van der Waals surface area (Å²) in [7, 11) is 0. The highest BCUT2D eigenvalue weighted by atomic mass is 35.5. The van der Waals surface area contributed by atoms with E-state index in [4.69, 9.17) is 30.8 Å². The summed E-state index contributed by atoms with van der Waals surface area (Å²) in [6.45, 7) is 3.95. The van der Waals surface area contributed by atoms with Gasteiger partial charge in [0.25, 0.3) is 5.56 Å². The van der Waals surface area contributed by atoms with Gasteiger partial charge in [0.1, 0.15) is 11.9 Å². The zero-order valence-electron chi connectivity index (χ0n) is 23.8. The molecule has 4 heterocycles. The number of aromatic nitrogens is 5. The van der Waals surface area contributed by atoms with E-state index in [-0.39, 0.29) is 30.2 Å². The molecule has 1 saturated carbocycles. The molecular formula is C31H36ClN5O5. The molecule has 1 saturated heterocycles. The smallest absolute Gasteiger partial charge is 0.332 e. The zero-order chi connectivity index (χ0) is 29.1. The first kappa shape index (κ1) is 28.6. The molecule has 0 N–H and O–H groups in total. The van der Waals surface area contributed by atoms with E-state index in [1.807, 2.05) is 47.9 Å². The molecule has 222 valence electrons. The molecule has 0 spiro atoms. The predicted molar refractivity (Wildman–Crippen MR) is 160 cm³/mol. The number of benzene rings is 1. The van der Waals surface area contributed by atoms with Gasteiger partial charge in [0.15, 0.2) is 17.5 Å². The fourth-order valence-electron chi connectivity index (χ4n) is 5.44. The summed E-state index contributed by atoms with van der Waals surface area (Å²) in [5.41, 5.74) is 1.64. The summed E-state index contributed by atoms with van der Waals surface area (Å²) in [6, 6.07) is 11.2. The van der Waals surface area contributed by atoms with Crippen LogP contribution in [0.2, 0.25) is 5.02 Å². The molecular weight excluding hydrogens is 558 g/mol. The van der Waals surface area contributed by atoms with Gasteiger partial charge in [-0.1, -0.05) is 23.7 Å². The molecule has 1 unspecified atom stereocenters. The van der Waals surface area contributed by atoms with Crippen molar-refractivity contribution in [3.63, 3.8) is 0 Å². The Morgan fingerprint density at radius 1 is 1.00 bits per heavy atom. The minimum atomic E-state index is -0.381. The zero-order valence-corrected chi connectivity index (χ0v) is 24.6. The van der Waals surface area contributed by atoms with Gasteiger partial charge in [0, 0.05) is 49.1 Å². The predicted octanol–water partition coefficient (Wildman–Crippen LogP) is 5.01. The number of hydrogen-bond donors (Lipinski definition) is 0. The molecule has 2 fully saturated rings. The molecule has 10 nitrogen and oxygen atoms in total. The molecule has 1 aliphatic carbocycles. The lowest BCUT2D eigenvalue weighted by atomic mass is 9.96. The van der Waals surface area contributed by atoms with Gasteiger partial charge < -0.3 is 18.8 Å². The fraction of sp³-hybridized carbons (Fsp3) is 0.484. The third-order valence-corrected chi connectivity index (χ3v) is 8.24. The van der Waals surface area contributed by atoms with Gasteiger partial charge in [0.2, 0.25) is 5.88 Å². The Morgan fingerprint density at radius 3 is 2.50 bits per heavy atom. The summed E-state index contributed by atoms with van der Waals surface area (Å²) in [6.07, 6.45) is 8.48. The maximum absolute atomic E-state index is 14.0. The molecule has 42 heavy (non-hydrogen) atoms. The monoisotopic (exact) mass is 593 g/mol. The van der Waals surface area contributed by atoms with Crippen molar-refractivity contribution in [2.75, 3.05) is 13.2 Å². The van der Waals surface area contributed by atoms with Crippen LogP contribution in [0, 0.1) is 0 Å². The molecule has 11 heteroatoms. The third-order valence-electron chi connectivity index (χ3n) is 7.99. The lowest BCUT2D eigenvalue weighted by Gasteiger charge is -2.25. The van der Waals surface area contributed by atoms with Crippen LogP contribution in [0.1, 0.15) is 57.4 Å². The Balaban J connectivity index is 1.37. The highest BCUT2D eigenvalue weighted by Crippen LogP contribution is 2.28. The van der Waals surface area contributed by atoms with Gasteiger partial charge in [-0.25, -0.2) is 14.8 Å². The minimum absolute atomic E-state index is 0.215. The molecule has 2 aliphatic rings. The molecule has 0 amide bonds. The number of ether oxygens (including phenoxy) is 3. The fourth-order valence-corrected chi connectivity index (χ4v) is 5.57. The standard InChI is InChI=1S/C31H36ClN5O5/c1-2-35-29-27(30(38)36(31(35)39)16-6-18-41-26-9-3-4-17-40-26)37(20-21-10-13-23(32)14-11-21)28(34-29)22-12-15-25(33-19-22)42-24-7-5-8-24/h10-15,19,24,26H,2-9,16-18,20H2,1H3. The normalized spacial score (nSPS) is 17.4. The van der Waals surface area contributed by atoms with Gasteiger partial charge in [-0.2, -0.15) is 0 Å². The van der Waals surface area contributed by atoms with E-state index < -0.39 is 0 Å². The van der Waals surface area contributed by atoms with Crippen molar-refractivity contribution < 1.29 is 14.2 Å². The van der Waals surface area contributed by atoms with E-state index in [2.05, 4.69) is 4.98 Å². The average molecular weight is 594 g/mol. The second kappa shape index (κ2) is 12.8. The molecule has 1 atom stereocenters. The molecule has 1 aromatic carbocycles. The van der Waals surface area contributed by atoms with Crippen LogP contribution in [-0.2, 0) is 29.1 Å². The van der Waals surface area contributed by atoms with Crippen LogP contribution in [0.3, 0.4) is 0 Å². The van der Waals surface area contributed by atoms with Crippen LogP contribution in [-0.4, -0.2) is 49.3 Å². The summed E-state index contributed by atoms with van der Waals surface area (Å²) in [4.78, 5) is 36.9. The minimum Gasteiger partial charge on any atom is -0.474 e. The van der Waals surface area contributed by atoms with E-state index in [1.54, 1.807) is 10.8 Å². The molecule has 1 aliphatic heterocycles. The number of halogens is 1. The third kappa shape index (κ3) is 6.02. The van der Waals surface area contributed by atoms with Crippen molar-refractivity contribution in [3.05, 3.63) is 74.0 Å². The number of rotatable bonds is 11. The van der Waals surface area contributed by atoms with Crippen LogP contribution < -0.4 is 16.0 Å². The first-order chi connectivity index (χ1) is 20.5. The summed E-state index contributed by atoms with van der Waals surface area (Å²) in [5.74, 6) is 1.12. The van der Waals surface area contributed by atoms with Crippen molar-refractivity contribution in [2.45, 2.75) is 83.9 Å². The van der Waals surface area contributed by atoms with E-state index >= 15 is 0 Å². The average Bonchev–Trinajstić information content (AvgIpc) is 3.35. The maximum Gasteiger partial charge on any atom is 0.332 e. The number of pyridine rings is 1. The summed E-state index contributed by atoms with van der Waals surface area (Å²) < 4.78 is 22.2. The van der Waals surface area contributed by atoms with Gasteiger partial charge in [-0.05, 0) is 75.6 Å². The second-order valence-electron chi connectivity index (χ2n) is 10.9. The van der Waals surface area contributed by atoms with Gasteiger partial charge >= 0.3 is 5.69 Å². The lowest BCUT2D eigenvalue weighted by molar-refractivity contribution is -0.163. The van der Waals surface area contributed by atoms with Crippen molar-refractivity contribution in [1.82, 2.24) is 23.7 Å². The molecule has 0 radical (unpaired) electrons. The quantitative estimate of drug-likeness (QED) is 0.225. The maximum atomic E-state index is 14.0. The first-order valence-electron chi connectivity index (χ1n) is 14.9. The van der Waals surface area contributed by atoms with E-state index in [0.717, 1.165) is 43.2 Å². The number of imidazole rings is 1. The van der Waals surface area contributed by atoms with Crippen molar-refractivity contribution in [1.29, 1.82) is 0 Å². The molecule has 6 rings (SSSR count). The van der Waals surface area contributed by atoms with Crippen LogP contribution in [0.5, 0.6) is 5.88 Å². The Bertz CT molecular complexity index is 1630. The van der Waals surface area contributed by atoms with Crippen LogP contribution >= 0.6 is 11.6 Å². The number of nitrogens with zero attached hydrogens (tertiary/aromatic N) is 5. The highest BCUT2D eigenvalue weighted by Gasteiger charge is 2.24. The van der Waals surface area contributed by atoms with E-state index in [9.17, 15) is 9.59 Å². The van der Waals surface area contributed by atoms with Crippen molar-refractivity contribution >= 4 is 22.8 Å². The Labute approximate surface area is 248 Å². The summed E-state index contributed by atoms with van der Waals surface area (Å²) >= 11 is 6.15. The van der Waals surface area contributed by atoms with Crippen LogP contribution in [0.25, 0.3) is 22.6 Å².